The Balaban J connectivity index is 1.81. The van der Waals surface area contributed by atoms with Crippen LogP contribution in [0.1, 0.15) is 58.8 Å². The number of thioether (sulfide) groups is 1. The zero-order valence-electron chi connectivity index (χ0n) is 13.1. The highest BCUT2D eigenvalue weighted by Crippen LogP contribution is 2.23. The molecule has 1 saturated carbocycles. The Labute approximate surface area is 128 Å². The van der Waals surface area contributed by atoms with Crippen molar-refractivity contribution in [2.45, 2.75) is 76.1 Å². The lowest BCUT2D eigenvalue weighted by atomic mass is 10.1. The molecule has 0 bridgehead atoms. The normalized spacial score (nSPS) is 27.8. The molecule has 0 unspecified atom stereocenters. The first kappa shape index (κ1) is 16.2. The maximum atomic E-state index is 12.5. The van der Waals surface area contributed by atoms with Gasteiger partial charge in [-0.3, -0.25) is 9.69 Å². The molecule has 1 heterocycles. The first-order valence-corrected chi connectivity index (χ1v) is 9.41. The van der Waals surface area contributed by atoms with Crippen molar-refractivity contribution in [3.63, 3.8) is 0 Å². The fourth-order valence-electron chi connectivity index (χ4n) is 3.25. The molecule has 1 amide bonds. The molecule has 1 N–H and O–H groups in total. The minimum absolute atomic E-state index is 0.0354. The van der Waals surface area contributed by atoms with Gasteiger partial charge < -0.3 is 5.32 Å². The minimum atomic E-state index is 0.0354. The molecule has 4 heteroatoms. The van der Waals surface area contributed by atoms with E-state index in [1.807, 2.05) is 0 Å². The van der Waals surface area contributed by atoms with Gasteiger partial charge in [0, 0.05) is 30.1 Å². The Hall–Kier alpha value is -0.220. The lowest BCUT2D eigenvalue weighted by Crippen LogP contribution is -2.52. The van der Waals surface area contributed by atoms with Crippen LogP contribution < -0.4 is 5.32 Å². The van der Waals surface area contributed by atoms with Gasteiger partial charge in [-0.15, -0.1) is 0 Å². The van der Waals surface area contributed by atoms with E-state index in [1.165, 1.54) is 50.7 Å². The summed E-state index contributed by atoms with van der Waals surface area (Å²) < 4.78 is 0. The Morgan fingerprint density at radius 3 is 2.65 bits per heavy atom. The molecule has 1 aliphatic carbocycles. The quantitative estimate of drug-likeness (QED) is 0.810. The maximum Gasteiger partial charge on any atom is 0.237 e. The zero-order valence-corrected chi connectivity index (χ0v) is 13.9. The van der Waals surface area contributed by atoms with E-state index in [-0.39, 0.29) is 11.9 Å². The molecule has 0 aromatic heterocycles. The fraction of sp³-hybridized carbons (Fsp3) is 0.938. The smallest absolute Gasteiger partial charge is 0.237 e. The molecule has 2 rings (SSSR count). The minimum Gasteiger partial charge on any atom is -0.352 e. The average Bonchev–Trinajstić information content (AvgIpc) is 2.75. The molecule has 1 saturated heterocycles. The third kappa shape index (κ3) is 4.66. The second kappa shape index (κ2) is 8.28. The van der Waals surface area contributed by atoms with Crippen LogP contribution in [0.2, 0.25) is 0 Å². The summed E-state index contributed by atoms with van der Waals surface area (Å²) in [4.78, 5) is 14.8. The summed E-state index contributed by atoms with van der Waals surface area (Å²) in [5, 5.41) is 4.01. The summed E-state index contributed by atoms with van der Waals surface area (Å²) >= 11 is 2.06. The van der Waals surface area contributed by atoms with Crippen LogP contribution in [0.3, 0.4) is 0 Å². The molecule has 0 spiro atoms. The molecule has 2 atom stereocenters. The van der Waals surface area contributed by atoms with E-state index in [0.29, 0.717) is 11.3 Å². The number of carbonyl (C=O) groups is 1. The molecule has 0 radical (unpaired) electrons. The molecule has 2 fully saturated rings. The topological polar surface area (TPSA) is 32.3 Å². The molecule has 20 heavy (non-hydrogen) atoms. The van der Waals surface area contributed by atoms with Gasteiger partial charge in [-0.2, -0.15) is 11.8 Å². The monoisotopic (exact) mass is 298 g/mol. The molecule has 3 nitrogen and oxygen atoms in total. The highest BCUT2D eigenvalue weighted by Gasteiger charge is 2.28. The number of rotatable bonds is 4. The van der Waals surface area contributed by atoms with Gasteiger partial charge in [-0.1, -0.05) is 32.6 Å². The standard InChI is InChI=1S/C16H30N2OS/c1-3-15-12-18(10-11-20-15)13(2)16(19)17-14-8-6-4-5-7-9-14/h13-15H,3-12H2,1-2H3,(H,17,19)/t13-,15-/m0/s1. The second-order valence-electron chi connectivity index (χ2n) is 6.27. The van der Waals surface area contributed by atoms with Crippen molar-refractivity contribution < 1.29 is 4.79 Å². The van der Waals surface area contributed by atoms with Crippen LogP contribution >= 0.6 is 11.8 Å². The first-order chi connectivity index (χ1) is 9.70. The fourth-order valence-corrected chi connectivity index (χ4v) is 4.46. The number of hydrogen-bond donors (Lipinski definition) is 1. The van der Waals surface area contributed by atoms with Gasteiger partial charge in [0.15, 0.2) is 0 Å². The van der Waals surface area contributed by atoms with Crippen LogP contribution in [0, 0.1) is 0 Å². The van der Waals surface area contributed by atoms with Crippen LogP contribution in [-0.4, -0.2) is 47.0 Å². The number of amides is 1. The van der Waals surface area contributed by atoms with Gasteiger partial charge >= 0.3 is 0 Å². The third-order valence-electron chi connectivity index (χ3n) is 4.75. The van der Waals surface area contributed by atoms with E-state index in [9.17, 15) is 4.79 Å². The summed E-state index contributed by atoms with van der Waals surface area (Å²) in [6.07, 6.45) is 8.78. The van der Waals surface area contributed by atoms with Crippen LogP contribution in [0.25, 0.3) is 0 Å². The van der Waals surface area contributed by atoms with Gasteiger partial charge in [0.05, 0.1) is 6.04 Å². The van der Waals surface area contributed by atoms with Gasteiger partial charge in [-0.25, -0.2) is 0 Å². The van der Waals surface area contributed by atoms with E-state index in [1.54, 1.807) is 0 Å². The second-order valence-corrected chi connectivity index (χ2v) is 7.68. The zero-order chi connectivity index (χ0) is 14.4. The van der Waals surface area contributed by atoms with Gasteiger partial charge in [0.25, 0.3) is 0 Å². The van der Waals surface area contributed by atoms with Crippen molar-refractivity contribution in [2.24, 2.45) is 0 Å². The average molecular weight is 298 g/mol. The van der Waals surface area contributed by atoms with Crippen molar-refractivity contribution in [3.8, 4) is 0 Å². The van der Waals surface area contributed by atoms with E-state index >= 15 is 0 Å². The molecule has 2 aliphatic rings. The largest absolute Gasteiger partial charge is 0.352 e. The van der Waals surface area contributed by atoms with Crippen molar-refractivity contribution in [1.82, 2.24) is 10.2 Å². The third-order valence-corrected chi connectivity index (χ3v) is 6.13. The van der Waals surface area contributed by atoms with Gasteiger partial charge in [-0.05, 0) is 26.2 Å². The number of hydrogen-bond acceptors (Lipinski definition) is 3. The lowest BCUT2D eigenvalue weighted by molar-refractivity contribution is -0.126. The van der Waals surface area contributed by atoms with E-state index in [2.05, 4.69) is 35.8 Å². The summed E-state index contributed by atoms with van der Waals surface area (Å²) in [6, 6.07) is 0.460. The molecule has 116 valence electrons. The number of carbonyl (C=O) groups excluding carboxylic acids is 1. The van der Waals surface area contributed by atoms with Gasteiger partial charge in [0.2, 0.25) is 5.91 Å². The highest BCUT2D eigenvalue weighted by atomic mass is 32.2. The maximum absolute atomic E-state index is 12.5. The van der Waals surface area contributed by atoms with Crippen molar-refractivity contribution in [3.05, 3.63) is 0 Å². The molecule has 1 aliphatic heterocycles. The number of nitrogens with one attached hydrogen (secondary N) is 1. The predicted octanol–water partition coefficient (Wildman–Crippen LogP) is 3.04. The summed E-state index contributed by atoms with van der Waals surface area (Å²) in [5.41, 5.74) is 0. The SMILES string of the molecule is CC[C@H]1CN([C@@H](C)C(=O)NC2CCCCCC2)CCS1. The Morgan fingerprint density at radius 2 is 2.00 bits per heavy atom. The van der Waals surface area contributed by atoms with E-state index in [0.717, 1.165) is 13.1 Å². The van der Waals surface area contributed by atoms with Crippen LogP contribution in [0.15, 0.2) is 0 Å². The predicted molar refractivity (Wildman–Crippen MR) is 87.2 cm³/mol. The Bertz CT molecular complexity index is 303. The van der Waals surface area contributed by atoms with Crippen LogP contribution in [-0.2, 0) is 4.79 Å². The highest BCUT2D eigenvalue weighted by molar-refractivity contribution is 8.00. The van der Waals surface area contributed by atoms with E-state index in [4.69, 9.17) is 0 Å². The molecule has 0 aromatic rings. The molecule has 0 aromatic carbocycles. The first-order valence-electron chi connectivity index (χ1n) is 8.36. The molecular weight excluding hydrogens is 268 g/mol. The van der Waals surface area contributed by atoms with Crippen molar-refractivity contribution >= 4 is 17.7 Å². The summed E-state index contributed by atoms with van der Waals surface area (Å²) in [6.45, 7) is 6.45. The Kier molecular flexibility index (Phi) is 6.69. The summed E-state index contributed by atoms with van der Waals surface area (Å²) in [5.74, 6) is 1.41. The van der Waals surface area contributed by atoms with Crippen LogP contribution in [0.5, 0.6) is 0 Å². The van der Waals surface area contributed by atoms with E-state index < -0.39 is 0 Å². The van der Waals surface area contributed by atoms with Crippen molar-refractivity contribution in [1.29, 1.82) is 0 Å². The summed E-state index contributed by atoms with van der Waals surface area (Å²) in [7, 11) is 0. The van der Waals surface area contributed by atoms with Gasteiger partial charge in [0.1, 0.15) is 0 Å². The number of nitrogens with zero attached hydrogens (tertiary/aromatic N) is 1. The van der Waals surface area contributed by atoms with Crippen LogP contribution in [0.4, 0.5) is 0 Å². The van der Waals surface area contributed by atoms with Crippen molar-refractivity contribution in [2.75, 3.05) is 18.8 Å². The lowest BCUT2D eigenvalue weighted by Gasteiger charge is -2.36. The Morgan fingerprint density at radius 1 is 1.30 bits per heavy atom. The molecular formula is C16H30N2OS.